The van der Waals surface area contributed by atoms with Gasteiger partial charge in [0.15, 0.2) is 11.6 Å². The first-order chi connectivity index (χ1) is 9.04. The van der Waals surface area contributed by atoms with Crippen molar-refractivity contribution in [3.05, 3.63) is 35.7 Å². The van der Waals surface area contributed by atoms with E-state index in [9.17, 15) is 4.79 Å². The Morgan fingerprint density at radius 3 is 2.84 bits per heavy atom. The number of rotatable bonds is 5. The fourth-order valence-electron chi connectivity index (χ4n) is 1.65. The molecule has 0 amide bonds. The number of aromatic nitrogens is 4. The first-order valence-electron chi connectivity index (χ1n) is 6.07. The molecule has 0 atom stereocenters. The zero-order valence-electron chi connectivity index (χ0n) is 11.2. The molecule has 19 heavy (non-hydrogen) atoms. The van der Waals surface area contributed by atoms with Crippen molar-refractivity contribution in [2.75, 3.05) is 0 Å². The molecule has 2 aromatic rings. The maximum Gasteiger partial charge on any atom is 0.182 e. The summed E-state index contributed by atoms with van der Waals surface area (Å²) in [5.41, 5.74) is 0.589. The third-order valence-corrected chi connectivity index (χ3v) is 2.40. The lowest BCUT2D eigenvalue weighted by Gasteiger charge is -2.10. The van der Waals surface area contributed by atoms with Gasteiger partial charge in [-0.1, -0.05) is 12.1 Å². The number of hydrogen-bond donors (Lipinski definition) is 0. The van der Waals surface area contributed by atoms with Crippen molar-refractivity contribution in [2.24, 2.45) is 7.05 Å². The zero-order chi connectivity index (χ0) is 13.8. The van der Waals surface area contributed by atoms with E-state index in [0.29, 0.717) is 17.1 Å². The van der Waals surface area contributed by atoms with E-state index in [4.69, 9.17) is 4.74 Å². The molecule has 0 fully saturated rings. The fraction of sp³-hybridized carbons (Fsp3) is 0.385. The Morgan fingerprint density at radius 2 is 2.21 bits per heavy atom. The molecule has 1 aromatic carbocycles. The Morgan fingerprint density at radius 1 is 1.42 bits per heavy atom. The van der Waals surface area contributed by atoms with E-state index < -0.39 is 0 Å². The fourth-order valence-corrected chi connectivity index (χ4v) is 1.65. The number of benzene rings is 1. The number of ether oxygens (including phenoxy) is 1. The number of ketones is 1. The summed E-state index contributed by atoms with van der Waals surface area (Å²) in [4.78, 5) is 13.4. The lowest BCUT2D eigenvalue weighted by atomic mass is 10.1. The Balaban J connectivity index is 2.10. The number of aryl methyl sites for hydroxylation is 1. The molecule has 0 aliphatic heterocycles. The van der Waals surface area contributed by atoms with Crippen molar-refractivity contribution in [2.45, 2.75) is 26.4 Å². The van der Waals surface area contributed by atoms with Gasteiger partial charge < -0.3 is 4.74 Å². The zero-order valence-corrected chi connectivity index (χ0v) is 11.2. The molecule has 6 nitrogen and oxygen atoms in total. The molecule has 100 valence electrons. The molecular weight excluding hydrogens is 244 g/mol. The van der Waals surface area contributed by atoms with Crippen molar-refractivity contribution in [1.82, 2.24) is 20.2 Å². The summed E-state index contributed by atoms with van der Waals surface area (Å²) >= 11 is 0. The SMILES string of the molecule is CC(C)Oc1cccc(C(=O)Cc2nnn(C)n2)c1. The molecule has 6 heteroatoms. The van der Waals surface area contributed by atoms with E-state index in [0.717, 1.165) is 0 Å². The average molecular weight is 260 g/mol. The maximum atomic E-state index is 12.1. The minimum Gasteiger partial charge on any atom is -0.491 e. The highest BCUT2D eigenvalue weighted by molar-refractivity contribution is 5.97. The van der Waals surface area contributed by atoms with Crippen molar-refractivity contribution in [3.63, 3.8) is 0 Å². The molecule has 0 saturated heterocycles. The summed E-state index contributed by atoms with van der Waals surface area (Å²) in [5.74, 6) is 1.05. The minimum absolute atomic E-state index is 0.0535. The van der Waals surface area contributed by atoms with Gasteiger partial charge in [-0.15, -0.1) is 10.2 Å². The summed E-state index contributed by atoms with van der Waals surface area (Å²) in [7, 11) is 1.66. The quantitative estimate of drug-likeness (QED) is 0.760. The molecule has 1 heterocycles. The molecule has 0 spiro atoms. The highest BCUT2D eigenvalue weighted by Crippen LogP contribution is 2.16. The van der Waals surface area contributed by atoms with Crippen molar-refractivity contribution in [3.8, 4) is 5.75 Å². The molecule has 2 rings (SSSR count). The predicted octanol–water partition coefficient (Wildman–Crippen LogP) is 1.42. The van der Waals surface area contributed by atoms with Gasteiger partial charge in [0, 0.05) is 5.56 Å². The van der Waals surface area contributed by atoms with Crippen molar-refractivity contribution < 1.29 is 9.53 Å². The predicted molar refractivity (Wildman–Crippen MR) is 69.0 cm³/mol. The molecule has 0 saturated carbocycles. The van der Waals surface area contributed by atoms with E-state index in [-0.39, 0.29) is 18.3 Å². The third kappa shape index (κ3) is 3.61. The van der Waals surface area contributed by atoms with E-state index in [2.05, 4.69) is 15.4 Å². The Kier molecular flexibility index (Phi) is 3.89. The number of Topliss-reactive ketones (excluding diaryl/α,β-unsaturated/α-hetero) is 1. The maximum absolute atomic E-state index is 12.1. The number of carbonyl (C=O) groups is 1. The van der Waals surface area contributed by atoms with E-state index in [1.54, 1.807) is 25.2 Å². The van der Waals surface area contributed by atoms with Crippen LogP contribution in [0.5, 0.6) is 5.75 Å². The molecular formula is C13H16N4O2. The van der Waals surface area contributed by atoms with Gasteiger partial charge in [-0.3, -0.25) is 4.79 Å². The summed E-state index contributed by atoms with van der Waals surface area (Å²) < 4.78 is 5.56. The molecule has 1 aromatic heterocycles. The Bertz CT molecular complexity index is 578. The van der Waals surface area contributed by atoms with Crippen LogP contribution in [0.15, 0.2) is 24.3 Å². The number of tetrazole rings is 1. The van der Waals surface area contributed by atoms with E-state index in [1.165, 1.54) is 4.80 Å². The summed E-state index contributed by atoms with van der Waals surface area (Å²) in [6.07, 6.45) is 0.214. The summed E-state index contributed by atoms with van der Waals surface area (Å²) in [6, 6.07) is 7.12. The Labute approximate surface area is 111 Å². The van der Waals surface area contributed by atoms with Gasteiger partial charge in [-0.2, -0.15) is 4.80 Å². The second-order valence-electron chi connectivity index (χ2n) is 4.49. The van der Waals surface area contributed by atoms with Gasteiger partial charge in [-0.25, -0.2) is 0 Å². The normalized spacial score (nSPS) is 10.7. The molecule has 0 radical (unpaired) electrons. The summed E-state index contributed by atoms with van der Waals surface area (Å²) in [5, 5.41) is 11.5. The second-order valence-corrected chi connectivity index (χ2v) is 4.49. The molecule has 0 aliphatic rings. The van der Waals surface area contributed by atoms with Gasteiger partial charge in [0.25, 0.3) is 0 Å². The number of carbonyl (C=O) groups excluding carboxylic acids is 1. The minimum atomic E-state index is -0.0535. The highest BCUT2D eigenvalue weighted by Gasteiger charge is 2.12. The third-order valence-electron chi connectivity index (χ3n) is 2.40. The van der Waals surface area contributed by atoms with Gasteiger partial charge in [-0.05, 0) is 31.2 Å². The first-order valence-corrected chi connectivity index (χ1v) is 6.07. The topological polar surface area (TPSA) is 69.9 Å². The van der Waals surface area contributed by atoms with Gasteiger partial charge in [0.2, 0.25) is 0 Å². The van der Waals surface area contributed by atoms with Crippen LogP contribution in [-0.4, -0.2) is 32.1 Å². The average Bonchev–Trinajstić information content (AvgIpc) is 2.74. The monoisotopic (exact) mass is 260 g/mol. The molecule has 0 bridgehead atoms. The standard InChI is InChI=1S/C13H16N4O2/c1-9(2)19-11-6-4-5-10(7-11)12(18)8-13-14-16-17(3)15-13/h4-7,9H,8H2,1-3H3. The largest absolute Gasteiger partial charge is 0.491 e. The van der Waals surface area contributed by atoms with Crippen LogP contribution in [-0.2, 0) is 13.5 Å². The first kappa shape index (κ1) is 13.2. The highest BCUT2D eigenvalue weighted by atomic mass is 16.5. The van der Waals surface area contributed by atoms with E-state index >= 15 is 0 Å². The van der Waals surface area contributed by atoms with Gasteiger partial charge >= 0.3 is 0 Å². The lowest BCUT2D eigenvalue weighted by molar-refractivity contribution is 0.0990. The molecule has 0 aliphatic carbocycles. The molecule has 0 unspecified atom stereocenters. The van der Waals surface area contributed by atoms with Crippen LogP contribution in [0, 0.1) is 0 Å². The van der Waals surface area contributed by atoms with Gasteiger partial charge in [0.05, 0.1) is 19.6 Å². The number of hydrogen-bond acceptors (Lipinski definition) is 5. The van der Waals surface area contributed by atoms with Crippen LogP contribution in [0.4, 0.5) is 0 Å². The van der Waals surface area contributed by atoms with Crippen LogP contribution in [0.1, 0.15) is 30.0 Å². The van der Waals surface area contributed by atoms with Crippen molar-refractivity contribution in [1.29, 1.82) is 0 Å². The van der Waals surface area contributed by atoms with E-state index in [1.807, 2.05) is 19.9 Å². The van der Waals surface area contributed by atoms with Crippen LogP contribution in [0.25, 0.3) is 0 Å². The van der Waals surface area contributed by atoms with Gasteiger partial charge in [0.1, 0.15) is 5.75 Å². The van der Waals surface area contributed by atoms with Crippen molar-refractivity contribution >= 4 is 5.78 Å². The van der Waals surface area contributed by atoms with Crippen LogP contribution < -0.4 is 4.74 Å². The van der Waals surface area contributed by atoms with Crippen LogP contribution in [0.3, 0.4) is 0 Å². The second kappa shape index (κ2) is 5.60. The van der Waals surface area contributed by atoms with Crippen LogP contribution >= 0.6 is 0 Å². The molecule has 0 N–H and O–H groups in total. The lowest BCUT2D eigenvalue weighted by Crippen LogP contribution is -2.08. The summed E-state index contributed by atoms with van der Waals surface area (Å²) in [6.45, 7) is 3.88. The Hall–Kier alpha value is -2.24. The number of nitrogens with zero attached hydrogens (tertiary/aromatic N) is 4. The smallest absolute Gasteiger partial charge is 0.182 e. The van der Waals surface area contributed by atoms with Crippen LogP contribution in [0.2, 0.25) is 0 Å².